The van der Waals surface area contributed by atoms with Gasteiger partial charge in [0.1, 0.15) is 6.04 Å². The van der Waals surface area contributed by atoms with Crippen molar-refractivity contribution in [3.05, 3.63) is 28.8 Å². The van der Waals surface area contributed by atoms with Crippen LogP contribution in [0.1, 0.15) is 44.6 Å². The van der Waals surface area contributed by atoms with E-state index in [4.69, 9.17) is 16.3 Å². The number of rotatable bonds is 4. The van der Waals surface area contributed by atoms with Gasteiger partial charge in [-0.25, -0.2) is 4.79 Å². The van der Waals surface area contributed by atoms with E-state index in [1.807, 2.05) is 0 Å². The number of anilines is 1. The number of hydrogen-bond donors (Lipinski definition) is 2. The van der Waals surface area contributed by atoms with Gasteiger partial charge in [-0.05, 0) is 56.2 Å². The van der Waals surface area contributed by atoms with Gasteiger partial charge in [-0.2, -0.15) is 13.2 Å². The molecule has 13 heteroatoms. The number of amides is 4. The number of nitrogens with one attached hydrogen (secondary N) is 1. The van der Waals surface area contributed by atoms with Gasteiger partial charge in [-0.1, -0.05) is 11.6 Å². The molecule has 38 heavy (non-hydrogen) atoms. The molecule has 0 bridgehead atoms. The van der Waals surface area contributed by atoms with Crippen molar-refractivity contribution < 1.29 is 37.4 Å². The van der Waals surface area contributed by atoms with Crippen molar-refractivity contribution in [3.8, 4) is 0 Å². The van der Waals surface area contributed by atoms with E-state index >= 15 is 0 Å². The Morgan fingerprint density at radius 1 is 1.24 bits per heavy atom. The number of fused-ring (bicyclic) bond motifs is 1. The molecule has 5 rings (SSSR count). The molecule has 3 heterocycles. The number of carbonyl (C=O) groups is 3. The fourth-order valence-electron chi connectivity index (χ4n) is 5.69. The summed E-state index contributed by atoms with van der Waals surface area (Å²) in [6, 6.07) is 1.06. The van der Waals surface area contributed by atoms with Crippen LogP contribution in [0.15, 0.2) is 18.2 Å². The van der Waals surface area contributed by atoms with Crippen LogP contribution in [0.4, 0.5) is 23.7 Å². The summed E-state index contributed by atoms with van der Waals surface area (Å²) in [4.78, 5) is 43.5. The second kappa shape index (κ2) is 9.87. The Kier molecular flexibility index (Phi) is 7.02. The van der Waals surface area contributed by atoms with Crippen molar-refractivity contribution in [2.45, 2.75) is 69.6 Å². The van der Waals surface area contributed by atoms with E-state index < -0.39 is 41.2 Å². The highest BCUT2D eigenvalue weighted by atomic mass is 35.5. The fourth-order valence-corrected chi connectivity index (χ4v) is 5.98. The number of aliphatic hydroxyl groups is 1. The summed E-state index contributed by atoms with van der Waals surface area (Å²) in [5, 5.41) is 12.3. The molecule has 1 saturated carbocycles. The molecule has 4 aliphatic rings. The van der Waals surface area contributed by atoms with E-state index in [-0.39, 0.29) is 48.5 Å². The molecule has 1 aromatic rings. The third-order valence-corrected chi connectivity index (χ3v) is 8.63. The van der Waals surface area contributed by atoms with Gasteiger partial charge in [0.15, 0.2) is 6.23 Å². The minimum atomic E-state index is -4.62. The van der Waals surface area contributed by atoms with E-state index in [0.29, 0.717) is 19.5 Å². The summed E-state index contributed by atoms with van der Waals surface area (Å²) < 4.78 is 44.7. The van der Waals surface area contributed by atoms with Crippen LogP contribution < -0.4 is 5.32 Å². The zero-order valence-electron chi connectivity index (χ0n) is 20.8. The number of aliphatic hydroxyl groups excluding tert-OH is 1. The Bertz CT molecular complexity index is 1130. The molecule has 208 valence electrons. The van der Waals surface area contributed by atoms with Crippen LogP contribution in [-0.2, 0) is 20.5 Å². The molecular weight excluding hydrogens is 529 g/mol. The van der Waals surface area contributed by atoms with Gasteiger partial charge in [0, 0.05) is 25.2 Å². The lowest BCUT2D eigenvalue weighted by Crippen LogP contribution is -2.62. The Balaban J connectivity index is 1.16. The van der Waals surface area contributed by atoms with E-state index in [9.17, 15) is 32.7 Å². The maximum absolute atomic E-state index is 13.2. The van der Waals surface area contributed by atoms with Crippen LogP contribution >= 0.6 is 11.6 Å². The number of hydrogen-bond acceptors (Lipinski definition) is 5. The average molecular weight is 559 g/mol. The topological polar surface area (TPSA) is 102 Å². The highest BCUT2D eigenvalue weighted by Gasteiger charge is 2.52. The second-order valence-electron chi connectivity index (χ2n) is 10.6. The first-order chi connectivity index (χ1) is 17.9. The smallest absolute Gasteiger partial charge is 0.391 e. The zero-order chi connectivity index (χ0) is 27.4. The predicted molar refractivity (Wildman–Crippen MR) is 130 cm³/mol. The number of β-amino-alcohol motifs (C(OH)–C–C–N with tert-alkyl or cyclic N) is 1. The maximum atomic E-state index is 13.2. The number of benzene rings is 1. The van der Waals surface area contributed by atoms with Crippen molar-refractivity contribution in [2.75, 3.05) is 31.6 Å². The second-order valence-corrected chi connectivity index (χ2v) is 11.1. The Morgan fingerprint density at radius 2 is 1.97 bits per heavy atom. The lowest BCUT2D eigenvalue weighted by atomic mass is 9.90. The summed E-state index contributed by atoms with van der Waals surface area (Å²) >= 11 is 5.74. The zero-order valence-corrected chi connectivity index (χ0v) is 21.6. The Hall–Kier alpha value is -2.57. The van der Waals surface area contributed by atoms with Crippen LogP contribution in [0.5, 0.6) is 0 Å². The van der Waals surface area contributed by atoms with E-state index in [0.717, 1.165) is 37.5 Å². The molecule has 1 aromatic carbocycles. The van der Waals surface area contributed by atoms with Gasteiger partial charge in [0.2, 0.25) is 11.8 Å². The summed E-state index contributed by atoms with van der Waals surface area (Å²) in [6.07, 6.45) is -2.33. The molecule has 3 saturated heterocycles. The SMILES string of the molecule is C[C@H]1C(=O)N2[C@@H](CCC(=O)N3CCC4(CC4)[C@H](O)C3)CO[C@H]2CN1C(=O)Nc1ccc(C(F)(F)F)c(Cl)c1. The average Bonchev–Trinajstić information content (AvgIpc) is 3.51. The number of ether oxygens (including phenoxy) is 1. The summed E-state index contributed by atoms with van der Waals surface area (Å²) in [7, 11) is 0. The van der Waals surface area contributed by atoms with Crippen LogP contribution in [0, 0.1) is 5.41 Å². The highest BCUT2D eigenvalue weighted by Crippen LogP contribution is 2.53. The molecule has 2 N–H and O–H groups in total. The van der Waals surface area contributed by atoms with Crippen LogP contribution in [0.3, 0.4) is 0 Å². The van der Waals surface area contributed by atoms with Gasteiger partial charge in [-0.15, -0.1) is 0 Å². The van der Waals surface area contributed by atoms with Crippen molar-refractivity contribution in [1.82, 2.24) is 14.7 Å². The highest BCUT2D eigenvalue weighted by molar-refractivity contribution is 6.31. The quantitative estimate of drug-likeness (QED) is 0.590. The third-order valence-electron chi connectivity index (χ3n) is 8.32. The minimum absolute atomic E-state index is 0.0105. The number of nitrogens with zero attached hydrogens (tertiary/aromatic N) is 3. The number of carbonyl (C=O) groups excluding carboxylic acids is 3. The van der Waals surface area contributed by atoms with Crippen molar-refractivity contribution in [1.29, 1.82) is 0 Å². The standard InChI is InChI=1S/C25H30ClF3N4O5/c1-14-22(36)33-16(3-5-20(35)31-9-8-24(6-7-24)19(34)11-31)13-38-21(33)12-32(14)23(37)30-15-2-4-17(18(26)10-15)25(27,28)29/h2,4,10,14,16,19,21,34H,3,5-9,11-13H2,1H3,(H,30,37)/t14-,16-,19+,21-/m0/s1. The largest absolute Gasteiger partial charge is 0.417 e. The van der Waals surface area contributed by atoms with E-state index in [1.165, 1.54) is 4.90 Å². The maximum Gasteiger partial charge on any atom is 0.417 e. The first kappa shape index (κ1) is 27.0. The molecule has 9 nitrogen and oxygen atoms in total. The van der Waals surface area contributed by atoms with Crippen LogP contribution in [-0.4, -0.2) is 88.3 Å². The summed E-state index contributed by atoms with van der Waals surface area (Å²) in [5.41, 5.74) is -0.938. The molecule has 4 fully saturated rings. The molecule has 4 atom stereocenters. The Labute approximate surface area is 222 Å². The third kappa shape index (κ3) is 5.05. The molecule has 4 amide bonds. The van der Waals surface area contributed by atoms with Gasteiger partial charge in [-0.3, -0.25) is 9.59 Å². The molecular formula is C25H30ClF3N4O5. The first-order valence-electron chi connectivity index (χ1n) is 12.7. The van der Waals surface area contributed by atoms with Gasteiger partial charge < -0.3 is 29.9 Å². The van der Waals surface area contributed by atoms with Crippen LogP contribution in [0.2, 0.25) is 5.02 Å². The summed E-state index contributed by atoms with van der Waals surface area (Å²) in [5.74, 6) is -0.391. The lowest BCUT2D eigenvalue weighted by Gasteiger charge is -2.42. The molecule has 1 spiro atoms. The van der Waals surface area contributed by atoms with E-state index in [2.05, 4.69) is 5.32 Å². The van der Waals surface area contributed by atoms with Crippen molar-refractivity contribution in [2.24, 2.45) is 5.41 Å². The van der Waals surface area contributed by atoms with Crippen molar-refractivity contribution >= 4 is 35.1 Å². The van der Waals surface area contributed by atoms with Crippen LogP contribution in [0.25, 0.3) is 0 Å². The fraction of sp³-hybridized carbons (Fsp3) is 0.640. The molecule has 0 radical (unpaired) electrons. The van der Waals surface area contributed by atoms with Gasteiger partial charge >= 0.3 is 12.2 Å². The number of alkyl halides is 3. The number of likely N-dealkylation sites (tertiary alicyclic amines) is 1. The number of piperidine rings is 1. The monoisotopic (exact) mass is 558 g/mol. The van der Waals surface area contributed by atoms with Crippen molar-refractivity contribution in [3.63, 3.8) is 0 Å². The number of piperazine rings is 1. The molecule has 1 aliphatic carbocycles. The number of halogens is 4. The molecule has 3 aliphatic heterocycles. The predicted octanol–water partition coefficient (Wildman–Crippen LogP) is 3.30. The van der Waals surface area contributed by atoms with E-state index in [1.54, 1.807) is 16.7 Å². The first-order valence-corrected chi connectivity index (χ1v) is 13.1. The molecule has 0 unspecified atom stereocenters. The number of urea groups is 1. The Morgan fingerprint density at radius 3 is 2.61 bits per heavy atom. The normalized spacial score (nSPS) is 28.5. The lowest BCUT2D eigenvalue weighted by molar-refractivity contribution is -0.151. The van der Waals surface area contributed by atoms with Gasteiger partial charge in [0.05, 0.1) is 35.9 Å². The summed E-state index contributed by atoms with van der Waals surface area (Å²) in [6.45, 7) is 2.84. The molecule has 0 aromatic heterocycles. The van der Waals surface area contributed by atoms with Gasteiger partial charge in [0.25, 0.3) is 0 Å². The minimum Gasteiger partial charge on any atom is -0.391 e.